The predicted octanol–water partition coefficient (Wildman–Crippen LogP) is 0.991. The van der Waals surface area contributed by atoms with Crippen molar-refractivity contribution in [3.05, 3.63) is 35.9 Å². The van der Waals surface area contributed by atoms with E-state index in [0.29, 0.717) is 13.2 Å². The molecule has 1 fully saturated rings. The van der Waals surface area contributed by atoms with E-state index in [-0.39, 0.29) is 12.4 Å². The van der Waals surface area contributed by atoms with Crippen molar-refractivity contribution in [3.8, 4) is 0 Å². The summed E-state index contributed by atoms with van der Waals surface area (Å²) < 4.78 is 11.0. The van der Waals surface area contributed by atoms with Gasteiger partial charge in [0, 0.05) is 5.56 Å². The topological polar surface area (TPSA) is 53.7 Å². The number of hydrogen-bond donors (Lipinski definition) is 1. The van der Waals surface area contributed by atoms with Gasteiger partial charge in [-0.15, -0.1) is 0 Å². The van der Waals surface area contributed by atoms with Gasteiger partial charge >= 0.3 is 0 Å². The molecule has 2 unspecified atom stereocenters. The minimum absolute atomic E-state index is 0.0646. The van der Waals surface area contributed by atoms with Crippen molar-refractivity contribution >= 4 is 0 Å². The molecule has 14 heavy (non-hydrogen) atoms. The van der Waals surface area contributed by atoms with E-state index in [2.05, 4.69) is 4.84 Å². The molecule has 0 aromatic heterocycles. The maximum absolute atomic E-state index is 5.56. The van der Waals surface area contributed by atoms with Crippen molar-refractivity contribution in [3.63, 3.8) is 0 Å². The lowest BCUT2D eigenvalue weighted by Crippen LogP contribution is -2.20. The molecular formula is C10H13NO3. The smallest absolute Gasteiger partial charge is 0.184 e. The monoisotopic (exact) mass is 195 g/mol. The molecule has 1 saturated heterocycles. The molecule has 2 rings (SSSR count). The second-order valence-electron chi connectivity index (χ2n) is 3.17. The van der Waals surface area contributed by atoms with Gasteiger partial charge in [0.25, 0.3) is 0 Å². The Labute approximate surface area is 82.5 Å². The quantitative estimate of drug-likeness (QED) is 0.731. The fourth-order valence-electron chi connectivity index (χ4n) is 1.43. The van der Waals surface area contributed by atoms with Crippen molar-refractivity contribution in [2.24, 2.45) is 5.90 Å². The SMILES string of the molecule is NOCC1COC(c2ccccc2)O1. The van der Waals surface area contributed by atoms with E-state index in [9.17, 15) is 0 Å². The van der Waals surface area contributed by atoms with Gasteiger partial charge in [0.2, 0.25) is 0 Å². The van der Waals surface area contributed by atoms with Crippen LogP contribution in [0.5, 0.6) is 0 Å². The molecular weight excluding hydrogens is 182 g/mol. The van der Waals surface area contributed by atoms with Crippen LogP contribution < -0.4 is 5.90 Å². The zero-order valence-electron chi connectivity index (χ0n) is 7.76. The Morgan fingerprint density at radius 3 is 2.86 bits per heavy atom. The van der Waals surface area contributed by atoms with Crippen molar-refractivity contribution < 1.29 is 14.3 Å². The lowest BCUT2D eigenvalue weighted by molar-refractivity contribution is -0.0740. The van der Waals surface area contributed by atoms with Crippen LogP contribution in [-0.2, 0) is 14.3 Å². The lowest BCUT2D eigenvalue weighted by atomic mass is 10.2. The number of ether oxygens (including phenoxy) is 2. The first kappa shape index (κ1) is 9.61. The summed E-state index contributed by atoms with van der Waals surface area (Å²) in [7, 11) is 0. The van der Waals surface area contributed by atoms with E-state index in [1.807, 2.05) is 30.3 Å². The van der Waals surface area contributed by atoms with Crippen molar-refractivity contribution in [2.45, 2.75) is 12.4 Å². The van der Waals surface area contributed by atoms with Crippen LogP contribution in [0.4, 0.5) is 0 Å². The van der Waals surface area contributed by atoms with Crippen molar-refractivity contribution in [1.29, 1.82) is 0 Å². The molecule has 0 saturated carbocycles. The molecule has 76 valence electrons. The van der Waals surface area contributed by atoms with Crippen LogP contribution in [0.2, 0.25) is 0 Å². The first-order valence-electron chi connectivity index (χ1n) is 4.54. The van der Waals surface area contributed by atoms with Gasteiger partial charge in [0.05, 0.1) is 13.2 Å². The average molecular weight is 195 g/mol. The molecule has 1 aliphatic rings. The van der Waals surface area contributed by atoms with Gasteiger partial charge in [-0.1, -0.05) is 30.3 Å². The number of hydrogen-bond acceptors (Lipinski definition) is 4. The van der Waals surface area contributed by atoms with Crippen LogP contribution in [0.15, 0.2) is 30.3 Å². The molecule has 4 heteroatoms. The summed E-state index contributed by atoms with van der Waals surface area (Å²) in [5.41, 5.74) is 1.02. The average Bonchev–Trinajstić information content (AvgIpc) is 2.68. The molecule has 1 heterocycles. The van der Waals surface area contributed by atoms with E-state index in [1.54, 1.807) is 0 Å². The largest absolute Gasteiger partial charge is 0.346 e. The van der Waals surface area contributed by atoms with Gasteiger partial charge in [-0.3, -0.25) is 0 Å². The standard InChI is InChI=1S/C10H13NO3/c11-13-7-9-6-12-10(14-9)8-4-2-1-3-5-8/h1-5,9-10H,6-7,11H2. The van der Waals surface area contributed by atoms with E-state index < -0.39 is 0 Å². The zero-order chi connectivity index (χ0) is 9.80. The summed E-state index contributed by atoms with van der Waals surface area (Å²) in [6.45, 7) is 0.889. The summed E-state index contributed by atoms with van der Waals surface area (Å²) in [5, 5.41) is 0. The molecule has 4 nitrogen and oxygen atoms in total. The predicted molar refractivity (Wildman–Crippen MR) is 50.1 cm³/mol. The van der Waals surface area contributed by atoms with Crippen LogP contribution >= 0.6 is 0 Å². The molecule has 1 aromatic rings. The summed E-state index contributed by atoms with van der Waals surface area (Å²) in [6, 6.07) is 9.80. The van der Waals surface area contributed by atoms with Crippen LogP contribution in [0, 0.1) is 0 Å². The summed E-state index contributed by atoms with van der Waals surface area (Å²) in [4.78, 5) is 4.50. The van der Waals surface area contributed by atoms with E-state index in [4.69, 9.17) is 15.4 Å². The van der Waals surface area contributed by atoms with Gasteiger partial charge < -0.3 is 14.3 Å². The van der Waals surface area contributed by atoms with Gasteiger partial charge in [-0.25, -0.2) is 5.90 Å². The van der Waals surface area contributed by atoms with Gasteiger partial charge in [-0.2, -0.15) is 0 Å². The molecule has 0 aliphatic carbocycles. The molecule has 0 amide bonds. The van der Waals surface area contributed by atoms with Gasteiger partial charge in [0.15, 0.2) is 6.29 Å². The van der Waals surface area contributed by atoms with Crippen LogP contribution in [-0.4, -0.2) is 19.3 Å². The highest BCUT2D eigenvalue weighted by atomic mass is 16.7. The second-order valence-corrected chi connectivity index (χ2v) is 3.17. The van der Waals surface area contributed by atoms with Gasteiger partial charge in [0.1, 0.15) is 6.10 Å². The maximum Gasteiger partial charge on any atom is 0.184 e. The molecule has 0 radical (unpaired) electrons. The Kier molecular flexibility index (Phi) is 3.10. The van der Waals surface area contributed by atoms with Crippen molar-refractivity contribution in [2.75, 3.05) is 13.2 Å². The number of benzene rings is 1. The third-order valence-electron chi connectivity index (χ3n) is 2.10. The zero-order valence-corrected chi connectivity index (χ0v) is 7.76. The normalized spacial score (nSPS) is 26.6. The van der Waals surface area contributed by atoms with Crippen LogP contribution in [0.3, 0.4) is 0 Å². The van der Waals surface area contributed by atoms with Crippen LogP contribution in [0.25, 0.3) is 0 Å². The molecule has 1 aromatic carbocycles. The maximum atomic E-state index is 5.56. The Bertz CT molecular complexity index is 278. The Balaban J connectivity index is 1.96. The number of nitrogens with two attached hydrogens (primary N) is 1. The molecule has 2 N–H and O–H groups in total. The fourth-order valence-corrected chi connectivity index (χ4v) is 1.43. The summed E-state index contributed by atoms with van der Waals surface area (Å²) in [6.07, 6.45) is -0.346. The molecule has 0 spiro atoms. The van der Waals surface area contributed by atoms with E-state index in [1.165, 1.54) is 0 Å². The Hall–Kier alpha value is -0.940. The lowest BCUT2D eigenvalue weighted by Gasteiger charge is -2.10. The number of rotatable bonds is 3. The Morgan fingerprint density at radius 1 is 1.36 bits per heavy atom. The van der Waals surface area contributed by atoms with Crippen LogP contribution in [0.1, 0.15) is 11.9 Å². The van der Waals surface area contributed by atoms with E-state index in [0.717, 1.165) is 5.56 Å². The molecule has 1 aliphatic heterocycles. The highest BCUT2D eigenvalue weighted by Crippen LogP contribution is 2.26. The molecule has 0 bridgehead atoms. The van der Waals surface area contributed by atoms with Crippen molar-refractivity contribution in [1.82, 2.24) is 0 Å². The molecule has 2 atom stereocenters. The van der Waals surface area contributed by atoms with E-state index >= 15 is 0 Å². The Morgan fingerprint density at radius 2 is 2.14 bits per heavy atom. The first-order valence-corrected chi connectivity index (χ1v) is 4.54. The fraction of sp³-hybridized carbons (Fsp3) is 0.400. The first-order chi connectivity index (χ1) is 6.90. The minimum atomic E-state index is -0.281. The third-order valence-corrected chi connectivity index (χ3v) is 2.10. The minimum Gasteiger partial charge on any atom is -0.346 e. The highest BCUT2D eigenvalue weighted by Gasteiger charge is 2.26. The third kappa shape index (κ3) is 2.10. The van der Waals surface area contributed by atoms with Gasteiger partial charge in [-0.05, 0) is 0 Å². The summed E-state index contributed by atoms with van der Waals surface area (Å²) in [5.74, 6) is 4.96. The summed E-state index contributed by atoms with van der Waals surface area (Å²) >= 11 is 0. The highest BCUT2D eigenvalue weighted by molar-refractivity contribution is 5.16. The second kappa shape index (κ2) is 4.52.